The van der Waals surface area contributed by atoms with Crippen LogP contribution in [0.15, 0.2) is 24.3 Å². The zero-order chi connectivity index (χ0) is 12.1. The maximum Gasteiger partial charge on any atom is 0.242 e. The zero-order valence-corrected chi connectivity index (χ0v) is 10.7. The molecule has 1 unspecified atom stereocenters. The summed E-state index contributed by atoms with van der Waals surface area (Å²) in [5.41, 5.74) is 2.10. The van der Waals surface area contributed by atoms with Gasteiger partial charge >= 0.3 is 0 Å². The van der Waals surface area contributed by atoms with E-state index in [9.17, 15) is 4.79 Å². The van der Waals surface area contributed by atoms with Crippen LogP contribution in [-0.4, -0.2) is 12.5 Å². The molecule has 1 atom stereocenters. The topological polar surface area (TPSA) is 29.1 Å². The summed E-state index contributed by atoms with van der Waals surface area (Å²) in [4.78, 5) is 11.5. The molecule has 0 saturated heterocycles. The van der Waals surface area contributed by atoms with E-state index in [1.54, 1.807) is 0 Å². The lowest BCUT2D eigenvalue weighted by molar-refractivity contribution is -0.120. The van der Waals surface area contributed by atoms with Crippen molar-refractivity contribution < 1.29 is 4.79 Å². The van der Waals surface area contributed by atoms with Crippen LogP contribution in [0.3, 0.4) is 0 Å². The van der Waals surface area contributed by atoms with Crippen molar-refractivity contribution in [1.29, 1.82) is 0 Å². The van der Waals surface area contributed by atoms with E-state index in [1.807, 2.05) is 31.2 Å². The van der Waals surface area contributed by atoms with Crippen molar-refractivity contribution in [3.63, 3.8) is 0 Å². The van der Waals surface area contributed by atoms with Crippen molar-refractivity contribution in [1.82, 2.24) is 5.32 Å². The SMILES string of the molecule is CCNC(=O)C(Cl)c1ccc(C(C)C)cc1. The van der Waals surface area contributed by atoms with Crippen LogP contribution in [0, 0.1) is 0 Å². The van der Waals surface area contributed by atoms with Crippen molar-refractivity contribution in [3.8, 4) is 0 Å². The van der Waals surface area contributed by atoms with Gasteiger partial charge in [0.2, 0.25) is 5.91 Å². The van der Waals surface area contributed by atoms with E-state index in [0.717, 1.165) is 5.56 Å². The molecule has 1 N–H and O–H groups in total. The number of halogens is 1. The van der Waals surface area contributed by atoms with Gasteiger partial charge in [0.1, 0.15) is 5.38 Å². The highest BCUT2D eigenvalue weighted by molar-refractivity contribution is 6.30. The minimum absolute atomic E-state index is 0.138. The number of benzene rings is 1. The van der Waals surface area contributed by atoms with E-state index in [-0.39, 0.29) is 5.91 Å². The zero-order valence-electron chi connectivity index (χ0n) is 9.96. The second kappa shape index (κ2) is 5.90. The summed E-state index contributed by atoms with van der Waals surface area (Å²) in [7, 11) is 0. The van der Waals surface area contributed by atoms with E-state index in [4.69, 9.17) is 11.6 Å². The van der Waals surface area contributed by atoms with Crippen molar-refractivity contribution in [3.05, 3.63) is 35.4 Å². The Hall–Kier alpha value is -1.02. The van der Waals surface area contributed by atoms with E-state index in [1.165, 1.54) is 5.56 Å². The van der Waals surface area contributed by atoms with Crippen LogP contribution in [0.4, 0.5) is 0 Å². The molecule has 0 aromatic heterocycles. The molecule has 0 aliphatic heterocycles. The highest BCUT2D eigenvalue weighted by Gasteiger charge is 2.16. The van der Waals surface area contributed by atoms with E-state index < -0.39 is 5.38 Å². The quantitative estimate of drug-likeness (QED) is 0.804. The molecule has 1 amide bonds. The predicted octanol–water partition coefficient (Wildman–Crippen LogP) is 3.23. The molecule has 88 valence electrons. The van der Waals surface area contributed by atoms with Crippen LogP contribution in [0.2, 0.25) is 0 Å². The number of hydrogen-bond acceptors (Lipinski definition) is 1. The molecule has 0 bridgehead atoms. The molecule has 1 aromatic rings. The fourth-order valence-electron chi connectivity index (χ4n) is 1.47. The van der Waals surface area contributed by atoms with Gasteiger partial charge in [-0.2, -0.15) is 0 Å². The average Bonchev–Trinajstić information content (AvgIpc) is 2.28. The third-order valence-corrected chi connectivity index (χ3v) is 2.93. The number of rotatable bonds is 4. The summed E-state index contributed by atoms with van der Waals surface area (Å²) < 4.78 is 0. The van der Waals surface area contributed by atoms with Gasteiger partial charge in [0.15, 0.2) is 0 Å². The molecule has 0 fully saturated rings. The summed E-state index contributed by atoms with van der Waals surface area (Å²) >= 11 is 6.06. The molecule has 16 heavy (non-hydrogen) atoms. The van der Waals surface area contributed by atoms with Crippen LogP contribution < -0.4 is 5.32 Å². The number of hydrogen-bond donors (Lipinski definition) is 1. The molecule has 1 rings (SSSR count). The first-order chi connectivity index (χ1) is 7.56. The molecule has 0 radical (unpaired) electrons. The molecule has 3 heteroatoms. The summed E-state index contributed by atoms with van der Waals surface area (Å²) in [6, 6.07) is 7.88. The number of carbonyl (C=O) groups is 1. The van der Waals surface area contributed by atoms with Gasteiger partial charge < -0.3 is 5.32 Å². The fraction of sp³-hybridized carbons (Fsp3) is 0.462. The van der Waals surface area contributed by atoms with Gasteiger partial charge in [0.25, 0.3) is 0 Å². The van der Waals surface area contributed by atoms with Crippen molar-refractivity contribution >= 4 is 17.5 Å². The molecule has 0 aliphatic carbocycles. The Bertz CT molecular complexity index is 345. The molecule has 1 aromatic carbocycles. The number of likely N-dealkylation sites (N-methyl/N-ethyl adjacent to an activating group) is 1. The van der Waals surface area contributed by atoms with E-state index in [0.29, 0.717) is 12.5 Å². The van der Waals surface area contributed by atoms with Crippen LogP contribution >= 0.6 is 11.6 Å². The number of nitrogens with one attached hydrogen (secondary N) is 1. The van der Waals surface area contributed by atoms with Crippen molar-refractivity contribution in [2.24, 2.45) is 0 Å². The van der Waals surface area contributed by atoms with Gasteiger partial charge in [-0.25, -0.2) is 0 Å². The smallest absolute Gasteiger partial charge is 0.242 e. The maximum atomic E-state index is 11.5. The second-order valence-electron chi connectivity index (χ2n) is 4.08. The second-order valence-corrected chi connectivity index (χ2v) is 4.51. The van der Waals surface area contributed by atoms with Gasteiger partial charge in [-0.05, 0) is 24.0 Å². The molecule has 0 aliphatic rings. The molecule has 2 nitrogen and oxygen atoms in total. The van der Waals surface area contributed by atoms with Crippen molar-refractivity contribution in [2.45, 2.75) is 32.1 Å². The molecular weight excluding hydrogens is 222 g/mol. The van der Waals surface area contributed by atoms with Crippen LogP contribution in [0.5, 0.6) is 0 Å². The van der Waals surface area contributed by atoms with Gasteiger partial charge in [-0.3, -0.25) is 4.79 Å². The van der Waals surface area contributed by atoms with Gasteiger partial charge in [-0.15, -0.1) is 11.6 Å². The van der Waals surface area contributed by atoms with Crippen LogP contribution in [-0.2, 0) is 4.79 Å². The normalized spacial score (nSPS) is 12.6. The van der Waals surface area contributed by atoms with Gasteiger partial charge in [0.05, 0.1) is 0 Å². The Morgan fingerprint density at radius 2 is 1.75 bits per heavy atom. The lowest BCUT2D eigenvalue weighted by Crippen LogP contribution is -2.26. The Morgan fingerprint density at radius 1 is 1.25 bits per heavy atom. The standard InChI is InChI=1S/C13H18ClNO/c1-4-15-13(16)12(14)11-7-5-10(6-8-11)9(2)3/h5-9,12H,4H2,1-3H3,(H,15,16). The molecule has 0 saturated carbocycles. The highest BCUT2D eigenvalue weighted by atomic mass is 35.5. The number of alkyl halides is 1. The van der Waals surface area contributed by atoms with Crippen molar-refractivity contribution in [2.75, 3.05) is 6.54 Å². The van der Waals surface area contributed by atoms with E-state index >= 15 is 0 Å². The lowest BCUT2D eigenvalue weighted by atomic mass is 10.0. The summed E-state index contributed by atoms with van der Waals surface area (Å²) in [5, 5.41) is 2.11. The fourth-order valence-corrected chi connectivity index (χ4v) is 1.69. The van der Waals surface area contributed by atoms with Crippen LogP contribution in [0.25, 0.3) is 0 Å². The Morgan fingerprint density at radius 3 is 2.19 bits per heavy atom. The summed E-state index contributed by atoms with van der Waals surface area (Å²) in [6.07, 6.45) is 0. The predicted molar refractivity (Wildman–Crippen MR) is 67.8 cm³/mol. The van der Waals surface area contributed by atoms with E-state index in [2.05, 4.69) is 19.2 Å². The third-order valence-electron chi connectivity index (χ3n) is 2.48. The first-order valence-corrected chi connectivity index (χ1v) is 6.01. The Kier molecular flexibility index (Phi) is 4.81. The first kappa shape index (κ1) is 13.0. The minimum Gasteiger partial charge on any atom is -0.355 e. The Balaban J connectivity index is 2.77. The summed E-state index contributed by atoms with van der Waals surface area (Å²) in [5.74, 6) is 0.355. The average molecular weight is 240 g/mol. The maximum absolute atomic E-state index is 11.5. The number of amides is 1. The van der Waals surface area contributed by atoms with Gasteiger partial charge in [0, 0.05) is 6.54 Å². The molecular formula is C13H18ClNO. The first-order valence-electron chi connectivity index (χ1n) is 5.58. The molecule has 0 spiro atoms. The number of carbonyl (C=O) groups excluding carboxylic acids is 1. The lowest BCUT2D eigenvalue weighted by Gasteiger charge is -2.11. The highest BCUT2D eigenvalue weighted by Crippen LogP contribution is 2.23. The molecule has 0 heterocycles. The Labute approximate surface area is 102 Å². The minimum atomic E-state index is -0.596. The monoisotopic (exact) mass is 239 g/mol. The summed E-state index contributed by atoms with van der Waals surface area (Å²) in [6.45, 7) is 6.75. The van der Waals surface area contributed by atoms with Crippen LogP contribution in [0.1, 0.15) is 43.2 Å². The largest absolute Gasteiger partial charge is 0.355 e. The third kappa shape index (κ3) is 3.24. The van der Waals surface area contributed by atoms with Gasteiger partial charge in [-0.1, -0.05) is 38.1 Å².